The summed E-state index contributed by atoms with van der Waals surface area (Å²) in [5, 5.41) is 0.808. The second kappa shape index (κ2) is 7.99. The molecular weight excluding hydrogens is 372 g/mol. The van der Waals surface area contributed by atoms with Gasteiger partial charge in [-0.1, -0.05) is 0 Å². The van der Waals surface area contributed by atoms with Gasteiger partial charge in [0.15, 0.2) is 11.5 Å². The quantitative estimate of drug-likeness (QED) is 0.464. The van der Waals surface area contributed by atoms with E-state index in [0.717, 1.165) is 24.6 Å². The Morgan fingerprint density at radius 1 is 1.07 bits per heavy atom. The van der Waals surface area contributed by atoms with Gasteiger partial charge in [-0.05, 0) is 67.6 Å². The van der Waals surface area contributed by atoms with Crippen LogP contribution in [0.5, 0.6) is 11.5 Å². The third kappa shape index (κ3) is 3.83. The lowest BCUT2D eigenvalue weighted by Crippen LogP contribution is -2.08. The van der Waals surface area contributed by atoms with Gasteiger partial charge in [0.1, 0.15) is 12.2 Å². The number of hydrogen-bond acceptors (Lipinski definition) is 6. The Kier molecular flexibility index (Phi) is 5.25. The van der Waals surface area contributed by atoms with Crippen molar-refractivity contribution in [2.24, 2.45) is 0 Å². The molecule has 0 aliphatic heterocycles. The summed E-state index contributed by atoms with van der Waals surface area (Å²) in [6, 6.07) is 10.2. The molecule has 0 unspecified atom stereocenters. The van der Waals surface area contributed by atoms with Crippen molar-refractivity contribution in [2.75, 3.05) is 13.7 Å². The zero-order valence-electron chi connectivity index (χ0n) is 16.4. The molecule has 0 N–H and O–H groups in total. The Morgan fingerprint density at radius 3 is 2.62 bits per heavy atom. The van der Waals surface area contributed by atoms with Crippen molar-refractivity contribution in [1.29, 1.82) is 0 Å². The number of esters is 1. The SMILES string of the molecule is CCOc1ccc(C(=O)OCc2cc(=O)oc3cc4c(cc23)CCC4)cc1OC. The number of rotatable bonds is 6. The fraction of sp³-hybridized carbons (Fsp3) is 0.304. The second-order valence-electron chi connectivity index (χ2n) is 6.94. The second-order valence-corrected chi connectivity index (χ2v) is 6.94. The Morgan fingerprint density at radius 2 is 1.86 bits per heavy atom. The Bertz CT molecular complexity index is 1130. The highest BCUT2D eigenvalue weighted by atomic mass is 16.5. The summed E-state index contributed by atoms with van der Waals surface area (Å²) in [4.78, 5) is 24.5. The number of ether oxygens (including phenoxy) is 3. The van der Waals surface area contributed by atoms with E-state index < -0.39 is 11.6 Å². The van der Waals surface area contributed by atoms with Crippen molar-refractivity contribution in [1.82, 2.24) is 0 Å². The fourth-order valence-electron chi connectivity index (χ4n) is 3.71. The topological polar surface area (TPSA) is 75.0 Å². The van der Waals surface area contributed by atoms with Crippen molar-refractivity contribution in [3.63, 3.8) is 0 Å². The van der Waals surface area contributed by atoms with Crippen molar-refractivity contribution in [3.05, 3.63) is 69.1 Å². The average Bonchev–Trinajstić information content (AvgIpc) is 3.18. The summed E-state index contributed by atoms with van der Waals surface area (Å²) in [6.07, 6.45) is 3.10. The Hall–Kier alpha value is -3.28. The molecule has 1 aromatic heterocycles. The first-order valence-corrected chi connectivity index (χ1v) is 9.65. The first kappa shape index (κ1) is 19.1. The molecule has 0 amide bonds. The van der Waals surface area contributed by atoms with Crippen LogP contribution in [0.2, 0.25) is 0 Å². The zero-order chi connectivity index (χ0) is 20.4. The third-order valence-corrected chi connectivity index (χ3v) is 5.10. The van der Waals surface area contributed by atoms with Gasteiger partial charge in [-0.15, -0.1) is 0 Å². The number of hydrogen-bond donors (Lipinski definition) is 0. The minimum atomic E-state index is -0.506. The van der Waals surface area contributed by atoms with E-state index in [2.05, 4.69) is 0 Å². The van der Waals surface area contributed by atoms with Gasteiger partial charge in [-0.3, -0.25) is 0 Å². The zero-order valence-corrected chi connectivity index (χ0v) is 16.4. The molecule has 3 aromatic rings. The molecule has 0 fully saturated rings. The van der Waals surface area contributed by atoms with E-state index in [1.165, 1.54) is 24.3 Å². The lowest BCUT2D eigenvalue weighted by atomic mass is 10.0. The van der Waals surface area contributed by atoms with Crippen LogP contribution in [0, 0.1) is 0 Å². The predicted molar refractivity (Wildman–Crippen MR) is 108 cm³/mol. The largest absolute Gasteiger partial charge is 0.493 e. The Labute approximate surface area is 168 Å². The molecule has 6 nitrogen and oxygen atoms in total. The van der Waals surface area contributed by atoms with Crippen LogP contribution in [0.25, 0.3) is 11.0 Å². The van der Waals surface area contributed by atoms with Crippen LogP contribution in [0.3, 0.4) is 0 Å². The predicted octanol–water partition coefficient (Wildman–Crippen LogP) is 4.05. The number of fused-ring (bicyclic) bond motifs is 2. The van der Waals surface area contributed by atoms with E-state index in [0.29, 0.717) is 34.8 Å². The van der Waals surface area contributed by atoms with Crippen LogP contribution in [0.4, 0.5) is 0 Å². The standard InChI is InChI=1S/C23H22O6/c1-3-27-19-8-7-16(11-21(19)26-2)23(25)28-13-17-12-22(24)29-20-10-15-6-4-5-14(15)9-18(17)20/h7-12H,3-6,13H2,1-2H3. The lowest BCUT2D eigenvalue weighted by Gasteiger charge is -2.12. The summed E-state index contributed by atoms with van der Waals surface area (Å²) < 4.78 is 21.6. The normalized spacial score (nSPS) is 12.6. The maximum atomic E-state index is 12.5. The van der Waals surface area contributed by atoms with Crippen LogP contribution < -0.4 is 15.1 Å². The van der Waals surface area contributed by atoms with Gasteiger partial charge in [0, 0.05) is 17.0 Å². The molecule has 0 atom stereocenters. The average molecular weight is 394 g/mol. The van der Waals surface area contributed by atoms with Crippen molar-refractivity contribution in [2.45, 2.75) is 32.8 Å². The van der Waals surface area contributed by atoms with Gasteiger partial charge < -0.3 is 18.6 Å². The number of methoxy groups -OCH3 is 1. The first-order valence-electron chi connectivity index (χ1n) is 9.65. The number of aryl methyl sites for hydroxylation is 2. The molecule has 0 bridgehead atoms. The van der Waals surface area contributed by atoms with Gasteiger partial charge in [0.25, 0.3) is 0 Å². The summed E-state index contributed by atoms with van der Waals surface area (Å²) in [5.74, 6) is 0.517. The summed E-state index contributed by atoms with van der Waals surface area (Å²) in [5.41, 5.74) is 3.54. The molecule has 0 spiro atoms. The summed E-state index contributed by atoms with van der Waals surface area (Å²) in [6.45, 7) is 2.35. The van der Waals surface area contributed by atoms with Crippen LogP contribution >= 0.6 is 0 Å². The van der Waals surface area contributed by atoms with Crippen LogP contribution in [-0.2, 0) is 24.2 Å². The van der Waals surface area contributed by atoms with E-state index in [4.69, 9.17) is 18.6 Å². The van der Waals surface area contributed by atoms with Gasteiger partial charge in [-0.25, -0.2) is 9.59 Å². The van der Waals surface area contributed by atoms with E-state index in [1.807, 2.05) is 19.1 Å². The monoisotopic (exact) mass is 394 g/mol. The molecule has 150 valence electrons. The van der Waals surface area contributed by atoms with E-state index in [1.54, 1.807) is 18.2 Å². The van der Waals surface area contributed by atoms with E-state index in [9.17, 15) is 9.59 Å². The maximum Gasteiger partial charge on any atom is 0.338 e. The molecule has 0 saturated heterocycles. The van der Waals surface area contributed by atoms with Crippen molar-refractivity contribution in [3.8, 4) is 11.5 Å². The minimum Gasteiger partial charge on any atom is -0.493 e. The van der Waals surface area contributed by atoms with E-state index in [-0.39, 0.29) is 6.61 Å². The molecule has 1 heterocycles. The molecule has 2 aromatic carbocycles. The van der Waals surface area contributed by atoms with Crippen LogP contribution in [0.1, 0.15) is 40.4 Å². The molecule has 0 radical (unpaired) electrons. The van der Waals surface area contributed by atoms with Crippen molar-refractivity contribution < 1.29 is 23.4 Å². The molecule has 1 aliphatic rings. The van der Waals surface area contributed by atoms with Gasteiger partial charge >= 0.3 is 11.6 Å². The van der Waals surface area contributed by atoms with Gasteiger partial charge in [-0.2, -0.15) is 0 Å². The lowest BCUT2D eigenvalue weighted by molar-refractivity contribution is 0.0473. The van der Waals surface area contributed by atoms with E-state index >= 15 is 0 Å². The van der Waals surface area contributed by atoms with Crippen molar-refractivity contribution >= 4 is 16.9 Å². The fourth-order valence-corrected chi connectivity index (χ4v) is 3.71. The van der Waals surface area contributed by atoms with Gasteiger partial charge in [0.2, 0.25) is 0 Å². The summed E-state index contributed by atoms with van der Waals surface area (Å²) >= 11 is 0. The highest BCUT2D eigenvalue weighted by Crippen LogP contribution is 2.30. The summed E-state index contributed by atoms with van der Waals surface area (Å²) in [7, 11) is 1.51. The third-order valence-electron chi connectivity index (χ3n) is 5.10. The highest BCUT2D eigenvalue weighted by molar-refractivity contribution is 5.90. The molecule has 29 heavy (non-hydrogen) atoms. The molecular formula is C23H22O6. The molecule has 0 saturated carbocycles. The van der Waals surface area contributed by atoms with Gasteiger partial charge in [0.05, 0.1) is 19.3 Å². The minimum absolute atomic E-state index is 0.0186. The number of benzene rings is 2. The first-order chi connectivity index (χ1) is 14.1. The molecule has 1 aliphatic carbocycles. The van der Waals surface area contributed by atoms with Crippen LogP contribution in [-0.4, -0.2) is 19.7 Å². The number of carbonyl (C=O) groups is 1. The molecule has 4 rings (SSSR count). The maximum absolute atomic E-state index is 12.5. The smallest absolute Gasteiger partial charge is 0.338 e. The Balaban J connectivity index is 1.58. The number of carbonyl (C=O) groups excluding carboxylic acids is 1. The van der Waals surface area contributed by atoms with Crippen LogP contribution in [0.15, 0.2) is 45.6 Å². The highest BCUT2D eigenvalue weighted by Gasteiger charge is 2.17. The molecule has 6 heteroatoms.